The molecule has 5 atom stereocenters. The minimum atomic E-state index is -0.654. The highest BCUT2D eigenvalue weighted by atomic mass is 16.2. The summed E-state index contributed by atoms with van der Waals surface area (Å²) < 4.78 is 0. The molecule has 0 spiro atoms. The second-order valence-electron chi connectivity index (χ2n) is 15.3. The Bertz CT molecular complexity index is 1020. The summed E-state index contributed by atoms with van der Waals surface area (Å²) in [4.78, 5) is 65.0. The molecule has 4 aliphatic rings. The third-order valence-electron chi connectivity index (χ3n) is 10.6. The number of nitrogens with zero attached hydrogens (tertiary/aromatic N) is 5. The molecule has 0 aromatic carbocycles. The zero-order valence-corrected chi connectivity index (χ0v) is 28.6. The van der Waals surface area contributed by atoms with Gasteiger partial charge in [-0.05, 0) is 89.3 Å². The first-order chi connectivity index (χ1) is 20.8. The van der Waals surface area contributed by atoms with Crippen molar-refractivity contribution in [1.82, 2.24) is 29.8 Å². The molecule has 4 heterocycles. The van der Waals surface area contributed by atoms with Gasteiger partial charge in [-0.1, -0.05) is 41.0 Å². The smallest absolute Gasteiger partial charge is 0.245 e. The van der Waals surface area contributed by atoms with Gasteiger partial charge in [0.05, 0.1) is 12.1 Å². The van der Waals surface area contributed by atoms with E-state index in [2.05, 4.69) is 29.0 Å². The largest absolute Gasteiger partial charge is 0.342 e. The van der Waals surface area contributed by atoms with Crippen molar-refractivity contribution in [3.8, 4) is 0 Å². The molecule has 10 nitrogen and oxygen atoms in total. The molecule has 10 heteroatoms. The number of likely N-dealkylation sites (N-methyl/N-ethyl adjacent to an activating group) is 2. The molecule has 0 aromatic rings. The molecule has 0 radical (unpaired) electrons. The standard InChI is InChI=1S/C34H60N6O4/c1-24(2)28(37(7)33(44)29(34(3,4)5)35-30(41)25-15-9-12-18-36(25)6)23-39-21-13-16-26(39)32(43)40-22-14-17-27(40)31(42)38-19-10-8-11-20-38/h24-29H,8-23H2,1-7H3,(H,35,41)/t25-,26+,27?,28-,29-/m1/s1. The summed E-state index contributed by atoms with van der Waals surface area (Å²) in [7, 11) is 3.84. The SMILES string of the molecule is CC(C)[C@@H](CN1CCC[C@H]1C(=O)N1CCCC1C(=O)N1CCCCC1)N(C)C(=O)[C@@H](NC(=O)[C@H]1CCCCN1C)C(C)(C)C. The van der Waals surface area contributed by atoms with E-state index in [0.29, 0.717) is 13.1 Å². The van der Waals surface area contributed by atoms with Crippen LogP contribution < -0.4 is 5.32 Å². The maximum Gasteiger partial charge on any atom is 0.245 e. The van der Waals surface area contributed by atoms with Crippen LogP contribution in [0.5, 0.6) is 0 Å². The van der Waals surface area contributed by atoms with Gasteiger partial charge < -0.3 is 20.0 Å². The summed E-state index contributed by atoms with van der Waals surface area (Å²) in [5.74, 6) is 0.195. The van der Waals surface area contributed by atoms with Crippen LogP contribution in [0.4, 0.5) is 0 Å². The summed E-state index contributed by atoms with van der Waals surface area (Å²) in [5.41, 5.74) is -0.465. The number of amides is 4. The Morgan fingerprint density at radius 2 is 1.39 bits per heavy atom. The van der Waals surface area contributed by atoms with Crippen molar-refractivity contribution in [3.63, 3.8) is 0 Å². The number of hydrogen-bond donors (Lipinski definition) is 1. The predicted octanol–water partition coefficient (Wildman–Crippen LogP) is 2.95. The van der Waals surface area contributed by atoms with E-state index in [1.807, 2.05) is 49.6 Å². The lowest BCUT2D eigenvalue weighted by Crippen LogP contribution is -2.61. The fraction of sp³-hybridized carbons (Fsp3) is 0.882. The van der Waals surface area contributed by atoms with Crippen LogP contribution in [-0.2, 0) is 19.2 Å². The van der Waals surface area contributed by atoms with Crippen molar-refractivity contribution < 1.29 is 19.2 Å². The van der Waals surface area contributed by atoms with E-state index < -0.39 is 11.5 Å². The topological polar surface area (TPSA) is 96.5 Å². The van der Waals surface area contributed by atoms with E-state index in [0.717, 1.165) is 84.0 Å². The fourth-order valence-corrected chi connectivity index (χ4v) is 7.81. The van der Waals surface area contributed by atoms with Crippen LogP contribution in [-0.4, -0.2) is 132 Å². The van der Waals surface area contributed by atoms with Crippen LogP contribution in [0.2, 0.25) is 0 Å². The number of carbonyl (C=O) groups excluding carboxylic acids is 4. The van der Waals surface area contributed by atoms with E-state index in [-0.39, 0.29) is 53.7 Å². The molecule has 1 N–H and O–H groups in total. The van der Waals surface area contributed by atoms with Crippen molar-refractivity contribution in [2.24, 2.45) is 11.3 Å². The zero-order chi connectivity index (χ0) is 32.2. The molecule has 4 fully saturated rings. The summed E-state index contributed by atoms with van der Waals surface area (Å²) in [6.07, 6.45) is 9.49. The normalized spacial score (nSPS) is 27.0. The van der Waals surface area contributed by atoms with Gasteiger partial charge in [0.15, 0.2) is 0 Å². The van der Waals surface area contributed by atoms with Gasteiger partial charge in [-0.3, -0.25) is 29.0 Å². The molecule has 250 valence electrons. The van der Waals surface area contributed by atoms with Crippen molar-refractivity contribution in [1.29, 1.82) is 0 Å². The lowest BCUT2D eigenvalue weighted by Gasteiger charge is -2.41. The quantitative estimate of drug-likeness (QED) is 0.428. The number of nitrogens with one attached hydrogen (secondary N) is 1. The average molecular weight is 617 g/mol. The number of likely N-dealkylation sites (tertiary alicyclic amines) is 4. The van der Waals surface area contributed by atoms with Gasteiger partial charge in [-0.15, -0.1) is 0 Å². The van der Waals surface area contributed by atoms with Crippen LogP contribution >= 0.6 is 0 Å². The van der Waals surface area contributed by atoms with Crippen molar-refractivity contribution >= 4 is 23.6 Å². The molecular formula is C34H60N6O4. The summed E-state index contributed by atoms with van der Waals surface area (Å²) in [6.45, 7) is 14.8. The Labute approximate surface area is 266 Å². The Hall–Kier alpha value is -2.20. The molecular weight excluding hydrogens is 556 g/mol. The Kier molecular flexibility index (Phi) is 11.8. The molecule has 0 bridgehead atoms. The predicted molar refractivity (Wildman–Crippen MR) is 173 cm³/mol. The molecule has 4 aliphatic heterocycles. The van der Waals surface area contributed by atoms with Crippen molar-refractivity contribution in [2.75, 3.05) is 53.4 Å². The first-order valence-electron chi connectivity index (χ1n) is 17.4. The fourth-order valence-electron chi connectivity index (χ4n) is 7.81. The molecule has 4 amide bonds. The Morgan fingerprint density at radius 3 is 2.02 bits per heavy atom. The van der Waals surface area contributed by atoms with E-state index in [4.69, 9.17) is 0 Å². The van der Waals surface area contributed by atoms with Gasteiger partial charge >= 0.3 is 0 Å². The summed E-state index contributed by atoms with van der Waals surface area (Å²) in [6, 6.07) is -1.60. The maximum absolute atomic E-state index is 14.2. The number of piperidine rings is 2. The number of rotatable bonds is 9. The van der Waals surface area contributed by atoms with Crippen LogP contribution in [0.1, 0.15) is 98.8 Å². The first kappa shape index (κ1) is 34.7. The van der Waals surface area contributed by atoms with Gasteiger partial charge in [0.25, 0.3) is 0 Å². The van der Waals surface area contributed by atoms with Crippen molar-refractivity contribution in [2.45, 2.75) is 129 Å². The lowest BCUT2D eigenvalue weighted by atomic mass is 9.84. The number of hydrogen-bond acceptors (Lipinski definition) is 6. The lowest BCUT2D eigenvalue weighted by molar-refractivity contribution is -0.147. The monoisotopic (exact) mass is 616 g/mol. The summed E-state index contributed by atoms with van der Waals surface area (Å²) >= 11 is 0. The zero-order valence-electron chi connectivity index (χ0n) is 28.6. The molecule has 4 rings (SSSR count). The van der Waals surface area contributed by atoms with Crippen LogP contribution in [0.15, 0.2) is 0 Å². The first-order valence-corrected chi connectivity index (χ1v) is 17.4. The molecule has 44 heavy (non-hydrogen) atoms. The minimum Gasteiger partial charge on any atom is -0.342 e. The molecule has 0 aromatic heterocycles. The average Bonchev–Trinajstić information content (AvgIpc) is 3.67. The second kappa shape index (κ2) is 14.9. The minimum absolute atomic E-state index is 0.0700. The van der Waals surface area contributed by atoms with Gasteiger partial charge in [-0.25, -0.2) is 0 Å². The Morgan fingerprint density at radius 1 is 0.773 bits per heavy atom. The molecule has 1 unspecified atom stereocenters. The molecule has 4 saturated heterocycles. The van der Waals surface area contributed by atoms with Crippen molar-refractivity contribution in [3.05, 3.63) is 0 Å². The number of carbonyl (C=O) groups is 4. The second-order valence-corrected chi connectivity index (χ2v) is 15.3. The third-order valence-corrected chi connectivity index (χ3v) is 10.6. The van der Waals surface area contributed by atoms with E-state index in [1.165, 1.54) is 6.42 Å². The van der Waals surface area contributed by atoms with E-state index >= 15 is 0 Å². The van der Waals surface area contributed by atoms with Gasteiger partial charge in [0.2, 0.25) is 23.6 Å². The van der Waals surface area contributed by atoms with E-state index in [1.54, 1.807) is 0 Å². The Balaban J connectivity index is 1.44. The van der Waals surface area contributed by atoms with Crippen LogP contribution in [0.25, 0.3) is 0 Å². The van der Waals surface area contributed by atoms with Gasteiger partial charge in [0, 0.05) is 39.3 Å². The third kappa shape index (κ3) is 7.95. The summed E-state index contributed by atoms with van der Waals surface area (Å²) in [5, 5.41) is 3.15. The van der Waals surface area contributed by atoms with E-state index in [9.17, 15) is 19.2 Å². The highest BCUT2D eigenvalue weighted by Crippen LogP contribution is 2.29. The molecule has 0 aliphatic carbocycles. The van der Waals surface area contributed by atoms with Gasteiger partial charge in [0.1, 0.15) is 12.1 Å². The molecule has 0 saturated carbocycles. The highest BCUT2D eigenvalue weighted by molar-refractivity contribution is 5.91. The highest BCUT2D eigenvalue weighted by Gasteiger charge is 2.44. The van der Waals surface area contributed by atoms with Crippen LogP contribution in [0, 0.1) is 11.3 Å². The van der Waals surface area contributed by atoms with Gasteiger partial charge in [-0.2, -0.15) is 0 Å². The van der Waals surface area contributed by atoms with Crippen LogP contribution in [0.3, 0.4) is 0 Å². The maximum atomic E-state index is 14.2.